The molecule has 0 saturated heterocycles. The number of carbonyl (C=O) groups excluding carboxylic acids is 1. The molecule has 0 aliphatic heterocycles. The smallest absolute Gasteiger partial charge is 0.337 e. The second-order valence-corrected chi connectivity index (χ2v) is 4.01. The van der Waals surface area contributed by atoms with E-state index in [-0.39, 0.29) is 5.97 Å². The maximum Gasteiger partial charge on any atom is 0.337 e. The fourth-order valence-electron chi connectivity index (χ4n) is 1.58. The van der Waals surface area contributed by atoms with Crippen LogP contribution in [0.3, 0.4) is 0 Å². The Bertz CT molecular complexity index is 363. The van der Waals surface area contributed by atoms with Crippen LogP contribution in [-0.4, -0.2) is 13.1 Å². The van der Waals surface area contributed by atoms with Crippen LogP contribution in [0.4, 0.5) is 0 Å². The quantitative estimate of drug-likeness (QED) is 0.546. The van der Waals surface area contributed by atoms with Crippen molar-refractivity contribution in [3.63, 3.8) is 0 Å². The first-order valence-corrected chi connectivity index (χ1v) is 6.13. The fraction of sp³-hybridized carbons (Fsp3) is 0.400. The summed E-state index contributed by atoms with van der Waals surface area (Å²) in [6.45, 7) is 2.20. The Morgan fingerprint density at radius 3 is 2.53 bits per heavy atom. The lowest BCUT2D eigenvalue weighted by molar-refractivity contribution is 0.0601. The molecule has 0 aromatic heterocycles. The summed E-state index contributed by atoms with van der Waals surface area (Å²) in [5.41, 5.74) is 1.71. The number of hydrogen-bond donors (Lipinski definition) is 0. The van der Waals surface area contributed by atoms with Gasteiger partial charge in [0.1, 0.15) is 0 Å². The average molecular weight is 232 g/mol. The lowest BCUT2D eigenvalue weighted by Crippen LogP contribution is -2.00. The number of allylic oxidation sites excluding steroid dienone is 1. The third-order valence-corrected chi connectivity index (χ3v) is 2.62. The minimum atomic E-state index is -0.288. The van der Waals surface area contributed by atoms with E-state index in [1.807, 2.05) is 12.1 Å². The van der Waals surface area contributed by atoms with Crippen molar-refractivity contribution in [1.82, 2.24) is 0 Å². The van der Waals surface area contributed by atoms with Crippen LogP contribution in [0.15, 0.2) is 30.3 Å². The summed E-state index contributed by atoms with van der Waals surface area (Å²) < 4.78 is 4.64. The van der Waals surface area contributed by atoms with Crippen molar-refractivity contribution in [1.29, 1.82) is 0 Å². The van der Waals surface area contributed by atoms with Crippen molar-refractivity contribution in [3.05, 3.63) is 41.5 Å². The van der Waals surface area contributed by atoms with Crippen LogP contribution in [-0.2, 0) is 4.74 Å². The van der Waals surface area contributed by atoms with Crippen LogP contribution >= 0.6 is 0 Å². The molecular formula is C15H20O2. The van der Waals surface area contributed by atoms with Gasteiger partial charge in [0.2, 0.25) is 0 Å². The third-order valence-electron chi connectivity index (χ3n) is 2.62. The number of rotatable bonds is 6. The fourth-order valence-corrected chi connectivity index (χ4v) is 1.58. The summed E-state index contributed by atoms with van der Waals surface area (Å²) in [6, 6.07) is 7.44. The molecule has 17 heavy (non-hydrogen) atoms. The molecule has 0 bridgehead atoms. The first kappa shape index (κ1) is 13.5. The summed E-state index contributed by atoms with van der Waals surface area (Å²) in [6.07, 6.45) is 9.17. The van der Waals surface area contributed by atoms with Crippen molar-refractivity contribution in [2.75, 3.05) is 7.11 Å². The van der Waals surface area contributed by atoms with Crippen molar-refractivity contribution >= 4 is 12.0 Å². The number of ether oxygens (including phenoxy) is 1. The SMILES string of the molecule is CCCCC/C=C/c1ccc(C(=O)OC)cc1. The van der Waals surface area contributed by atoms with Crippen molar-refractivity contribution < 1.29 is 9.53 Å². The molecule has 0 N–H and O–H groups in total. The summed E-state index contributed by atoms with van der Waals surface area (Å²) in [7, 11) is 1.39. The molecule has 2 heteroatoms. The summed E-state index contributed by atoms with van der Waals surface area (Å²) >= 11 is 0. The Kier molecular flexibility index (Phi) is 6.08. The molecule has 0 aliphatic rings. The van der Waals surface area contributed by atoms with Gasteiger partial charge < -0.3 is 4.74 Å². The van der Waals surface area contributed by atoms with Gasteiger partial charge in [0.25, 0.3) is 0 Å². The standard InChI is InChI=1S/C15H20O2/c1-3-4-5-6-7-8-13-9-11-14(12-10-13)15(16)17-2/h7-12H,3-6H2,1-2H3/b8-7+. The number of methoxy groups -OCH3 is 1. The molecule has 0 fully saturated rings. The van der Waals surface area contributed by atoms with Gasteiger partial charge in [-0.15, -0.1) is 0 Å². The molecule has 0 amide bonds. The van der Waals surface area contributed by atoms with Gasteiger partial charge in [-0.3, -0.25) is 0 Å². The van der Waals surface area contributed by atoms with Crippen LogP contribution in [0.5, 0.6) is 0 Å². The monoisotopic (exact) mass is 232 g/mol. The first-order chi connectivity index (χ1) is 8.27. The van der Waals surface area contributed by atoms with E-state index < -0.39 is 0 Å². The van der Waals surface area contributed by atoms with Crippen LogP contribution in [0.1, 0.15) is 48.5 Å². The lowest BCUT2D eigenvalue weighted by Gasteiger charge is -1.99. The van der Waals surface area contributed by atoms with E-state index in [9.17, 15) is 4.79 Å². The highest BCUT2D eigenvalue weighted by molar-refractivity contribution is 5.89. The summed E-state index contributed by atoms with van der Waals surface area (Å²) in [5, 5.41) is 0. The molecule has 1 rings (SSSR count). The number of unbranched alkanes of at least 4 members (excludes halogenated alkanes) is 3. The highest BCUT2D eigenvalue weighted by atomic mass is 16.5. The highest BCUT2D eigenvalue weighted by Crippen LogP contribution is 2.09. The predicted molar refractivity (Wildman–Crippen MR) is 71.0 cm³/mol. The molecule has 1 aromatic carbocycles. The predicted octanol–water partition coefficient (Wildman–Crippen LogP) is 4.07. The number of carbonyl (C=O) groups is 1. The van der Waals surface area contributed by atoms with E-state index in [0.29, 0.717) is 5.56 Å². The minimum Gasteiger partial charge on any atom is -0.465 e. The van der Waals surface area contributed by atoms with Gasteiger partial charge in [0, 0.05) is 0 Å². The number of hydrogen-bond acceptors (Lipinski definition) is 2. The molecule has 0 heterocycles. The third kappa shape index (κ3) is 4.85. The number of benzene rings is 1. The van der Waals surface area contributed by atoms with E-state index in [4.69, 9.17) is 0 Å². The van der Waals surface area contributed by atoms with Crippen LogP contribution in [0.25, 0.3) is 6.08 Å². The largest absolute Gasteiger partial charge is 0.465 e. The zero-order valence-corrected chi connectivity index (χ0v) is 10.6. The van der Waals surface area contributed by atoms with E-state index in [2.05, 4.69) is 23.8 Å². The van der Waals surface area contributed by atoms with E-state index in [1.165, 1.54) is 26.4 Å². The van der Waals surface area contributed by atoms with Gasteiger partial charge in [-0.1, -0.05) is 44.1 Å². The van der Waals surface area contributed by atoms with Gasteiger partial charge in [0.15, 0.2) is 0 Å². The maximum atomic E-state index is 11.2. The normalized spacial score (nSPS) is 10.7. The van der Waals surface area contributed by atoms with Crippen molar-refractivity contribution in [2.45, 2.75) is 32.6 Å². The van der Waals surface area contributed by atoms with Crippen LogP contribution < -0.4 is 0 Å². The molecule has 0 spiro atoms. The molecule has 1 aromatic rings. The Morgan fingerprint density at radius 1 is 1.24 bits per heavy atom. The summed E-state index contributed by atoms with van der Waals surface area (Å²) in [4.78, 5) is 11.2. The topological polar surface area (TPSA) is 26.3 Å². The summed E-state index contributed by atoms with van der Waals surface area (Å²) in [5.74, 6) is -0.288. The lowest BCUT2D eigenvalue weighted by atomic mass is 10.1. The molecule has 92 valence electrons. The van der Waals surface area contributed by atoms with Crippen molar-refractivity contribution in [2.24, 2.45) is 0 Å². The molecular weight excluding hydrogens is 212 g/mol. The Morgan fingerprint density at radius 2 is 1.94 bits per heavy atom. The molecule has 0 saturated carbocycles. The van der Waals surface area contributed by atoms with E-state index in [1.54, 1.807) is 12.1 Å². The Labute approximate surface area is 103 Å². The van der Waals surface area contributed by atoms with Gasteiger partial charge >= 0.3 is 5.97 Å². The second-order valence-electron chi connectivity index (χ2n) is 4.01. The van der Waals surface area contributed by atoms with Crippen LogP contribution in [0, 0.1) is 0 Å². The number of esters is 1. The molecule has 0 unspecified atom stereocenters. The Hall–Kier alpha value is -1.57. The van der Waals surface area contributed by atoms with Crippen LogP contribution in [0.2, 0.25) is 0 Å². The van der Waals surface area contributed by atoms with Gasteiger partial charge in [-0.25, -0.2) is 4.79 Å². The first-order valence-electron chi connectivity index (χ1n) is 6.13. The molecule has 0 radical (unpaired) electrons. The Balaban J connectivity index is 2.48. The van der Waals surface area contributed by atoms with Gasteiger partial charge in [0.05, 0.1) is 12.7 Å². The minimum absolute atomic E-state index is 0.288. The maximum absolute atomic E-state index is 11.2. The van der Waals surface area contributed by atoms with Crippen molar-refractivity contribution in [3.8, 4) is 0 Å². The van der Waals surface area contributed by atoms with Gasteiger partial charge in [-0.2, -0.15) is 0 Å². The van der Waals surface area contributed by atoms with E-state index >= 15 is 0 Å². The highest BCUT2D eigenvalue weighted by Gasteiger charge is 2.02. The van der Waals surface area contributed by atoms with E-state index in [0.717, 1.165) is 12.0 Å². The molecule has 0 aliphatic carbocycles. The molecule has 0 atom stereocenters. The average Bonchev–Trinajstić information content (AvgIpc) is 2.38. The zero-order valence-electron chi connectivity index (χ0n) is 10.6. The molecule has 2 nitrogen and oxygen atoms in total. The second kappa shape index (κ2) is 7.66. The van der Waals surface area contributed by atoms with Gasteiger partial charge in [-0.05, 0) is 30.5 Å². The zero-order chi connectivity index (χ0) is 12.5.